The molecule has 0 fully saturated rings. The minimum atomic E-state index is -1.41. The van der Waals surface area contributed by atoms with Crippen molar-refractivity contribution in [3.8, 4) is 5.75 Å². The molecular formula is C19H16O4. The van der Waals surface area contributed by atoms with Crippen LogP contribution in [0.2, 0.25) is 0 Å². The average molecular weight is 308 g/mol. The summed E-state index contributed by atoms with van der Waals surface area (Å²) in [7, 11) is 0. The molecule has 0 aromatic heterocycles. The van der Waals surface area contributed by atoms with Crippen LogP contribution in [0.5, 0.6) is 5.75 Å². The molecule has 23 heavy (non-hydrogen) atoms. The molecule has 0 aliphatic carbocycles. The summed E-state index contributed by atoms with van der Waals surface area (Å²) in [6.45, 7) is 0. The van der Waals surface area contributed by atoms with Gasteiger partial charge in [0, 0.05) is 12.0 Å². The lowest BCUT2D eigenvalue weighted by atomic mass is 9.70. The molecule has 0 spiro atoms. The van der Waals surface area contributed by atoms with Gasteiger partial charge in [-0.15, -0.1) is 0 Å². The first-order chi connectivity index (χ1) is 11.2. The van der Waals surface area contributed by atoms with E-state index < -0.39 is 11.4 Å². The first-order valence-corrected chi connectivity index (χ1v) is 7.36. The highest BCUT2D eigenvalue weighted by molar-refractivity contribution is 5.90. The fourth-order valence-corrected chi connectivity index (χ4v) is 3.13. The highest BCUT2D eigenvalue weighted by atomic mass is 16.5. The number of carbonyl (C=O) groups excluding carboxylic acids is 1. The molecule has 0 radical (unpaired) electrons. The Labute approximate surface area is 134 Å². The molecule has 4 heteroatoms. The topological polar surface area (TPSA) is 63.6 Å². The van der Waals surface area contributed by atoms with E-state index in [4.69, 9.17) is 4.74 Å². The van der Waals surface area contributed by atoms with Crippen LogP contribution in [0.1, 0.15) is 23.1 Å². The second kappa shape index (κ2) is 6.08. The maximum absolute atomic E-state index is 12.3. The number of fused-ring (bicyclic) bond motifs is 1. The number of aliphatic carboxylic acids is 1. The summed E-state index contributed by atoms with van der Waals surface area (Å²) in [5.74, 6) is -0.406. The second-order valence-corrected chi connectivity index (χ2v) is 5.42. The van der Waals surface area contributed by atoms with Gasteiger partial charge in [0.15, 0.2) is 0 Å². The van der Waals surface area contributed by atoms with Crippen molar-refractivity contribution in [2.24, 2.45) is 0 Å². The van der Waals surface area contributed by atoms with Crippen LogP contribution in [0.15, 0.2) is 60.9 Å². The predicted octanol–water partition coefficient (Wildman–Crippen LogP) is 3.09. The van der Waals surface area contributed by atoms with Gasteiger partial charge >= 0.3 is 5.97 Å². The first-order valence-electron chi connectivity index (χ1n) is 7.36. The van der Waals surface area contributed by atoms with Crippen LogP contribution >= 0.6 is 0 Å². The van der Waals surface area contributed by atoms with Gasteiger partial charge in [-0.05, 0) is 29.7 Å². The number of hydrogen-bond acceptors (Lipinski definition) is 3. The van der Waals surface area contributed by atoms with Crippen LogP contribution in [-0.2, 0) is 21.4 Å². The van der Waals surface area contributed by atoms with E-state index in [-0.39, 0.29) is 6.42 Å². The number of hydrogen-bond donors (Lipinski definition) is 1. The summed E-state index contributed by atoms with van der Waals surface area (Å²) in [5, 5.41) is 10.0. The van der Waals surface area contributed by atoms with Crippen molar-refractivity contribution in [2.45, 2.75) is 18.3 Å². The van der Waals surface area contributed by atoms with Gasteiger partial charge in [-0.3, -0.25) is 4.79 Å². The molecule has 1 heterocycles. The molecule has 1 aliphatic rings. The van der Waals surface area contributed by atoms with Crippen LogP contribution in [0.4, 0.5) is 0 Å². The van der Waals surface area contributed by atoms with Crippen molar-refractivity contribution < 1.29 is 19.4 Å². The molecule has 1 N–H and O–H groups in total. The number of ether oxygens (including phenoxy) is 1. The zero-order valence-electron chi connectivity index (χ0n) is 12.4. The molecule has 4 nitrogen and oxygen atoms in total. The normalized spacial score (nSPS) is 15.1. The van der Waals surface area contributed by atoms with Crippen LogP contribution < -0.4 is 4.74 Å². The van der Waals surface area contributed by atoms with Crippen LogP contribution in [-0.4, -0.2) is 17.4 Å². The zero-order valence-corrected chi connectivity index (χ0v) is 12.4. The van der Waals surface area contributed by atoms with Gasteiger partial charge in [0.2, 0.25) is 0 Å². The van der Waals surface area contributed by atoms with Gasteiger partial charge in [0.05, 0.1) is 6.26 Å². The molecule has 3 rings (SSSR count). The van der Waals surface area contributed by atoms with Crippen molar-refractivity contribution in [3.63, 3.8) is 0 Å². The number of benzene rings is 2. The predicted molar refractivity (Wildman–Crippen MR) is 85.5 cm³/mol. The van der Waals surface area contributed by atoms with E-state index >= 15 is 0 Å². The second-order valence-electron chi connectivity index (χ2n) is 5.42. The Kier molecular flexibility index (Phi) is 3.98. The van der Waals surface area contributed by atoms with E-state index in [0.29, 0.717) is 29.6 Å². The van der Waals surface area contributed by atoms with E-state index in [1.165, 1.54) is 0 Å². The quantitative estimate of drug-likeness (QED) is 0.862. The third-order valence-electron chi connectivity index (χ3n) is 4.23. The fourth-order valence-electron chi connectivity index (χ4n) is 3.13. The Balaban J connectivity index is 2.29. The maximum atomic E-state index is 12.3. The molecule has 0 bridgehead atoms. The molecule has 0 saturated heterocycles. The molecule has 2 aromatic carbocycles. The van der Waals surface area contributed by atoms with Crippen molar-refractivity contribution in [1.29, 1.82) is 0 Å². The highest BCUT2D eigenvalue weighted by Gasteiger charge is 2.44. The van der Waals surface area contributed by atoms with Crippen LogP contribution in [0.25, 0.3) is 0 Å². The molecule has 116 valence electrons. The largest absolute Gasteiger partial charge is 0.480 e. The Morgan fingerprint density at radius 2 is 1.96 bits per heavy atom. The molecule has 2 aromatic rings. The molecular weight excluding hydrogens is 292 g/mol. The average Bonchev–Trinajstić information content (AvgIpc) is 2.60. The molecule has 1 unspecified atom stereocenters. The SMILES string of the molecule is O=CCC(C(=O)O)(c1ccccc1)c1cccc2c1CC=CO2. The van der Waals surface area contributed by atoms with Crippen molar-refractivity contribution in [3.05, 3.63) is 77.6 Å². The fraction of sp³-hybridized carbons (Fsp3) is 0.158. The number of aldehydes is 1. The van der Waals surface area contributed by atoms with E-state index in [0.717, 1.165) is 5.56 Å². The molecule has 0 saturated carbocycles. The van der Waals surface area contributed by atoms with Gasteiger partial charge in [0.25, 0.3) is 0 Å². The third-order valence-corrected chi connectivity index (χ3v) is 4.23. The summed E-state index contributed by atoms with van der Waals surface area (Å²) >= 11 is 0. The summed E-state index contributed by atoms with van der Waals surface area (Å²) in [6, 6.07) is 14.2. The Bertz CT molecular complexity index is 764. The number of allylic oxidation sites excluding steroid dienone is 1. The van der Waals surface area contributed by atoms with Crippen molar-refractivity contribution >= 4 is 12.3 Å². The Morgan fingerprint density at radius 3 is 2.65 bits per heavy atom. The van der Waals surface area contributed by atoms with Gasteiger partial charge < -0.3 is 14.6 Å². The van der Waals surface area contributed by atoms with E-state index in [9.17, 15) is 14.7 Å². The number of carbonyl (C=O) groups is 2. The smallest absolute Gasteiger partial charge is 0.319 e. The van der Waals surface area contributed by atoms with E-state index in [1.807, 2.05) is 12.1 Å². The van der Waals surface area contributed by atoms with Gasteiger partial charge in [-0.1, -0.05) is 42.5 Å². The first kappa shape index (κ1) is 15.0. The van der Waals surface area contributed by atoms with E-state index in [2.05, 4.69) is 0 Å². The summed E-state index contributed by atoms with van der Waals surface area (Å²) < 4.78 is 5.49. The lowest BCUT2D eigenvalue weighted by Gasteiger charge is -2.32. The van der Waals surface area contributed by atoms with Crippen molar-refractivity contribution in [1.82, 2.24) is 0 Å². The molecule has 1 atom stereocenters. The Hall–Kier alpha value is -2.88. The number of carboxylic acid groups (broad SMARTS) is 1. The molecule has 1 aliphatic heterocycles. The van der Waals surface area contributed by atoms with E-state index in [1.54, 1.807) is 48.7 Å². The maximum Gasteiger partial charge on any atom is 0.319 e. The van der Waals surface area contributed by atoms with Gasteiger partial charge in [-0.2, -0.15) is 0 Å². The van der Waals surface area contributed by atoms with Crippen molar-refractivity contribution in [2.75, 3.05) is 0 Å². The van der Waals surface area contributed by atoms with Gasteiger partial charge in [0.1, 0.15) is 17.5 Å². The number of carboxylic acids is 1. The summed E-state index contributed by atoms with van der Waals surface area (Å²) in [6.07, 6.45) is 4.54. The highest BCUT2D eigenvalue weighted by Crippen LogP contribution is 2.41. The summed E-state index contributed by atoms with van der Waals surface area (Å²) in [5.41, 5.74) is 0.582. The Morgan fingerprint density at radius 1 is 1.17 bits per heavy atom. The minimum Gasteiger partial charge on any atom is -0.480 e. The van der Waals surface area contributed by atoms with Gasteiger partial charge in [-0.25, -0.2) is 0 Å². The zero-order chi connectivity index (χ0) is 16.3. The summed E-state index contributed by atoms with van der Waals surface area (Å²) in [4.78, 5) is 23.6. The standard InChI is InChI=1S/C19H16O4/c20-12-11-19(18(21)22,14-6-2-1-3-7-14)16-9-4-10-17-15(16)8-5-13-23-17/h1-7,9-10,12-13H,8,11H2,(H,21,22). The lowest BCUT2D eigenvalue weighted by Crippen LogP contribution is -2.38. The third kappa shape index (κ3) is 2.42. The van der Waals surface area contributed by atoms with Crippen LogP contribution in [0, 0.1) is 0 Å². The molecule has 0 amide bonds. The minimum absolute atomic E-state index is 0.132. The number of rotatable bonds is 5. The monoisotopic (exact) mass is 308 g/mol. The lowest BCUT2D eigenvalue weighted by molar-refractivity contribution is -0.143. The van der Waals surface area contributed by atoms with Crippen LogP contribution in [0.3, 0.4) is 0 Å².